The molecule has 3 aromatic rings. The maximum absolute atomic E-state index is 12.1. The van der Waals surface area contributed by atoms with E-state index in [0.717, 1.165) is 10.9 Å². The number of benzene rings is 2. The second-order valence-corrected chi connectivity index (χ2v) is 5.82. The Kier molecular flexibility index (Phi) is 5.26. The van der Waals surface area contributed by atoms with Gasteiger partial charge >= 0.3 is 0 Å². The molecule has 1 heterocycles. The van der Waals surface area contributed by atoms with Crippen molar-refractivity contribution in [3.63, 3.8) is 0 Å². The Morgan fingerprint density at radius 1 is 1.24 bits per heavy atom. The highest BCUT2D eigenvalue weighted by molar-refractivity contribution is 6.30. The fraction of sp³-hybridized carbons (Fsp3) is 0.105. The van der Waals surface area contributed by atoms with Crippen LogP contribution in [0.1, 0.15) is 12.5 Å². The Morgan fingerprint density at radius 2 is 2.04 bits per heavy atom. The highest BCUT2D eigenvalue weighted by atomic mass is 35.5. The van der Waals surface area contributed by atoms with E-state index in [9.17, 15) is 4.79 Å². The van der Waals surface area contributed by atoms with Gasteiger partial charge in [0.1, 0.15) is 11.3 Å². The number of carbonyl (C=O) groups is 1. The van der Waals surface area contributed by atoms with E-state index < -0.39 is 6.10 Å². The number of nitrogens with one attached hydrogen (secondary N) is 1. The van der Waals surface area contributed by atoms with E-state index in [2.05, 4.69) is 15.5 Å². The molecule has 0 aliphatic rings. The molecule has 1 amide bonds. The van der Waals surface area contributed by atoms with Gasteiger partial charge < -0.3 is 4.74 Å². The fourth-order valence-electron chi connectivity index (χ4n) is 2.26. The van der Waals surface area contributed by atoms with Gasteiger partial charge in [0, 0.05) is 16.6 Å². The molecule has 0 bridgehead atoms. The topological polar surface area (TPSA) is 63.6 Å². The lowest BCUT2D eigenvalue weighted by molar-refractivity contribution is -0.127. The molecule has 0 fully saturated rings. The number of nitrogens with zero attached hydrogens (tertiary/aromatic N) is 2. The lowest BCUT2D eigenvalue weighted by Gasteiger charge is -2.14. The van der Waals surface area contributed by atoms with Gasteiger partial charge in [0.25, 0.3) is 5.91 Å². The summed E-state index contributed by atoms with van der Waals surface area (Å²) in [5.74, 6) is 0.200. The molecule has 25 heavy (non-hydrogen) atoms. The smallest absolute Gasteiger partial charge is 0.280 e. The third-order valence-electron chi connectivity index (χ3n) is 3.51. The molecule has 1 atom stereocenters. The van der Waals surface area contributed by atoms with Gasteiger partial charge in [-0.05, 0) is 36.8 Å². The van der Waals surface area contributed by atoms with Crippen LogP contribution in [0.4, 0.5) is 0 Å². The number of carbonyl (C=O) groups excluding carboxylic acids is 1. The Labute approximate surface area is 150 Å². The summed E-state index contributed by atoms with van der Waals surface area (Å²) in [5, 5.41) is 5.49. The summed E-state index contributed by atoms with van der Waals surface area (Å²) in [5.41, 5.74) is 3.97. The number of rotatable bonds is 5. The molecule has 0 saturated heterocycles. The first-order chi connectivity index (χ1) is 12.1. The summed E-state index contributed by atoms with van der Waals surface area (Å²) in [6, 6.07) is 16.5. The van der Waals surface area contributed by atoms with Crippen LogP contribution in [0.2, 0.25) is 5.02 Å². The minimum Gasteiger partial charge on any atom is -0.479 e. The quantitative estimate of drug-likeness (QED) is 0.560. The van der Waals surface area contributed by atoms with E-state index in [1.54, 1.807) is 31.3 Å². The maximum atomic E-state index is 12.1. The predicted octanol–water partition coefficient (Wildman–Crippen LogP) is 3.81. The van der Waals surface area contributed by atoms with E-state index in [1.165, 1.54) is 6.21 Å². The predicted molar refractivity (Wildman–Crippen MR) is 99.0 cm³/mol. The van der Waals surface area contributed by atoms with Crippen molar-refractivity contribution in [3.8, 4) is 5.75 Å². The monoisotopic (exact) mass is 353 g/mol. The first-order valence-corrected chi connectivity index (χ1v) is 8.10. The average Bonchev–Trinajstić information content (AvgIpc) is 2.62. The molecule has 1 aromatic heterocycles. The molecule has 5 nitrogen and oxygen atoms in total. The number of para-hydroxylation sites is 1. The fourth-order valence-corrected chi connectivity index (χ4v) is 2.46. The maximum Gasteiger partial charge on any atom is 0.280 e. The number of hydrogen-bond acceptors (Lipinski definition) is 4. The number of ether oxygens (including phenoxy) is 1. The molecule has 0 radical (unpaired) electrons. The van der Waals surface area contributed by atoms with Crippen LogP contribution in [-0.4, -0.2) is 23.2 Å². The molecule has 6 heteroatoms. The molecule has 0 saturated carbocycles. The largest absolute Gasteiger partial charge is 0.479 e. The number of pyridine rings is 1. The Balaban J connectivity index is 1.64. The van der Waals surface area contributed by atoms with E-state index >= 15 is 0 Å². The van der Waals surface area contributed by atoms with E-state index in [4.69, 9.17) is 16.3 Å². The molecule has 126 valence electrons. The van der Waals surface area contributed by atoms with Crippen LogP contribution in [0.5, 0.6) is 5.75 Å². The Morgan fingerprint density at radius 3 is 2.88 bits per heavy atom. The van der Waals surface area contributed by atoms with E-state index in [-0.39, 0.29) is 5.91 Å². The van der Waals surface area contributed by atoms with E-state index in [0.29, 0.717) is 16.3 Å². The minimum absolute atomic E-state index is 0.355. The van der Waals surface area contributed by atoms with Crippen molar-refractivity contribution in [3.05, 3.63) is 71.4 Å². The molecule has 2 aromatic carbocycles. The van der Waals surface area contributed by atoms with Gasteiger partial charge in [-0.3, -0.25) is 9.78 Å². The van der Waals surface area contributed by atoms with Crippen molar-refractivity contribution in [1.82, 2.24) is 10.4 Å². The second-order valence-electron chi connectivity index (χ2n) is 5.38. The van der Waals surface area contributed by atoms with Crippen LogP contribution < -0.4 is 10.2 Å². The zero-order valence-electron chi connectivity index (χ0n) is 13.5. The van der Waals surface area contributed by atoms with Crippen molar-refractivity contribution in [2.24, 2.45) is 5.10 Å². The summed E-state index contributed by atoms with van der Waals surface area (Å²) in [6.45, 7) is 1.66. The standard InChI is InChI=1S/C19H16ClN3O2/c1-13(19(24)23-22-12-14-5-2-8-16(20)11-14)25-17-9-3-6-15-7-4-10-21-18(15)17/h2-13H,1H3,(H,23,24)/b22-12+. The van der Waals surface area contributed by atoms with E-state index in [1.807, 2.05) is 36.4 Å². The molecular weight excluding hydrogens is 338 g/mol. The molecule has 0 aliphatic heterocycles. The van der Waals surface area contributed by atoms with Crippen molar-refractivity contribution < 1.29 is 9.53 Å². The zero-order valence-corrected chi connectivity index (χ0v) is 14.3. The van der Waals surface area contributed by atoms with Crippen LogP contribution in [0.15, 0.2) is 65.9 Å². The Hall–Kier alpha value is -2.92. The normalized spacial score (nSPS) is 12.2. The SMILES string of the molecule is CC(Oc1cccc2cccnc12)C(=O)N/N=C/c1cccc(Cl)c1. The van der Waals surface area contributed by atoms with Gasteiger partial charge in [-0.2, -0.15) is 5.10 Å². The molecule has 1 unspecified atom stereocenters. The lowest BCUT2D eigenvalue weighted by atomic mass is 10.2. The van der Waals surface area contributed by atoms with Crippen LogP contribution in [0.3, 0.4) is 0 Å². The van der Waals surface area contributed by atoms with Crippen LogP contribution in [0, 0.1) is 0 Å². The van der Waals surface area contributed by atoms with Gasteiger partial charge in [0.2, 0.25) is 0 Å². The summed E-state index contributed by atoms with van der Waals surface area (Å²) in [6.07, 6.45) is 2.50. The number of hydrazone groups is 1. The van der Waals surface area contributed by atoms with Crippen LogP contribution >= 0.6 is 11.6 Å². The van der Waals surface area contributed by atoms with Gasteiger partial charge in [0.05, 0.1) is 6.21 Å². The molecule has 3 rings (SSSR count). The highest BCUT2D eigenvalue weighted by Crippen LogP contribution is 2.23. The van der Waals surface area contributed by atoms with Crippen molar-refractivity contribution in [2.45, 2.75) is 13.0 Å². The lowest BCUT2D eigenvalue weighted by Crippen LogP contribution is -2.33. The summed E-state index contributed by atoms with van der Waals surface area (Å²) in [7, 11) is 0. The number of fused-ring (bicyclic) bond motifs is 1. The van der Waals surface area contributed by atoms with Gasteiger partial charge in [0.15, 0.2) is 6.10 Å². The first-order valence-electron chi connectivity index (χ1n) is 7.72. The summed E-state index contributed by atoms with van der Waals surface area (Å²) < 4.78 is 5.74. The van der Waals surface area contributed by atoms with Crippen molar-refractivity contribution in [1.29, 1.82) is 0 Å². The number of amides is 1. The summed E-state index contributed by atoms with van der Waals surface area (Å²) >= 11 is 5.90. The third-order valence-corrected chi connectivity index (χ3v) is 3.74. The zero-order chi connectivity index (χ0) is 17.6. The number of halogens is 1. The average molecular weight is 354 g/mol. The third kappa shape index (κ3) is 4.33. The van der Waals surface area contributed by atoms with Crippen LogP contribution in [-0.2, 0) is 4.79 Å². The van der Waals surface area contributed by atoms with Crippen molar-refractivity contribution >= 4 is 34.6 Å². The number of hydrogen-bond donors (Lipinski definition) is 1. The molecule has 0 aliphatic carbocycles. The minimum atomic E-state index is -0.718. The van der Waals surface area contributed by atoms with Gasteiger partial charge in [-0.15, -0.1) is 0 Å². The molecular formula is C19H16ClN3O2. The number of aromatic nitrogens is 1. The molecule has 0 spiro atoms. The first kappa shape index (κ1) is 16.9. The Bertz CT molecular complexity index is 922. The highest BCUT2D eigenvalue weighted by Gasteiger charge is 2.15. The van der Waals surface area contributed by atoms with Crippen LogP contribution in [0.25, 0.3) is 10.9 Å². The summed E-state index contributed by atoms with van der Waals surface area (Å²) in [4.78, 5) is 16.4. The van der Waals surface area contributed by atoms with Gasteiger partial charge in [-0.1, -0.05) is 41.9 Å². The van der Waals surface area contributed by atoms with Crippen molar-refractivity contribution in [2.75, 3.05) is 0 Å². The molecule has 1 N–H and O–H groups in total. The second kappa shape index (κ2) is 7.77. The van der Waals surface area contributed by atoms with Gasteiger partial charge in [-0.25, -0.2) is 5.43 Å².